The quantitative estimate of drug-likeness (QED) is 0.744. The Morgan fingerprint density at radius 1 is 1.42 bits per heavy atom. The summed E-state index contributed by atoms with van der Waals surface area (Å²) in [5, 5.41) is 9.09. The first-order valence-corrected chi connectivity index (χ1v) is 4.14. The number of benzene rings is 1. The average Bonchev–Trinajstić information content (AvgIpc) is 1.96. The van der Waals surface area contributed by atoms with Crippen molar-refractivity contribution in [2.75, 3.05) is 0 Å². The van der Waals surface area contributed by atoms with E-state index in [0.717, 1.165) is 12.1 Å². The first-order valence-electron chi connectivity index (χ1n) is 3.35. The van der Waals surface area contributed by atoms with E-state index < -0.39 is 17.7 Å². The second-order valence-corrected chi connectivity index (χ2v) is 3.26. The van der Waals surface area contributed by atoms with Crippen molar-refractivity contribution in [2.24, 2.45) is 0 Å². The van der Waals surface area contributed by atoms with Crippen LogP contribution in [0.25, 0.3) is 0 Å². The molecule has 0 spiro atoms. The van der Waals surface area contributed by atoms with Crippen molar-refractivity contribution >= 4 is 15.9 Å². The molecule has 0 amide bonds. The van der Waals surface area contributed by atoms with Gasteiger partial charge in [-0.15, -0.1) is 0 Å². The maximum Gasteiger partial charge on any atom is 0.140 e. The van der Waals surface area contributed by atoms with Gasteiger partial charge in [0.2, 0.25) is 0 Å². The molecule has 66 valence electrons. The molecule has 0 heterocycles. The molecule has 12 heavy (non-hydrogen) atoms. The van der Waals surface area contributed by atoms with E-state index in [0.29, 0.717) is 0 Å². The fourth-order valence-corrected chi connectivity index (χ4v) is 1.44. The second kappa shape index (κ2) is 3.49. The van der Waals surface area contributed by atoms with Crippen LogP contribution in [0.1, 0.15) is 18.6 Å². The number of halogens is 3. The van der Waals surface area contributed by atoms with Gasteiger partial charge in [0.1, 0.15) is 11.6 Å². The zero-order chi connectivity index (χ0) is 9.30. The van der Waals surface area contributed by atoms with Crippen LogP contribution in [0, 0.1) is 11.6 Å². The summed E-state index contributed by atoms with van der Waals surface area (Å²) in [7, 11) is 0. The molecule has 0 fully saturated rings. The summed E-state index contributed by atoms with van der Waals surface area (Å²) in [4.78, 5) is 0. The Bertz CT molecular complexity index is 299. The molecule has 1 aromatic carbocycles. The molecule has 1 rings (SSSR count). The van der Waals surface area contributed by atoms with Crippen LogP contribution in [0.3, 0.4) is 0 Å². The Morgan fingerprint density at radius 3 is 2.50 bits per heavy atom. The molecule has 0 aliphatic carbocycles. The summed E-state index contributed by atoms with van der Waals surface area (Å²) in [6.45, 7) is 1.44. The summed E-state index contributed by atoms with van der Waals surface area (Å²) in [5.41, 5.74) is 0.215. The Kier molecular flexibility index (Phi) is 2.80. The molecule has 0 radical (unpaired) electrons. The summed E-state index contributed by atoms with van der Waals surface area (Å²) in [5.74, 6) is -1.39. The molecule has 0 aliphatic rings. The molecule has 0 aliphatic heterocycles. The van der Waals surface area contributed by atoms with E-state index in [1.807, 2.05) is 0 Å². The van der Waals surface area contributed by atoms with E-state index in [2.05, 4.69) is 15.9 Å². The highest BCUT2D eigenvalue weighted by Gasteiger charge is 2.12. The number of aliphatic hydroxyl groups excluding tert-OH is 1. The fraction of sp³-hybridized carbons (Fsp3) is 0.250. The predicted octanol–water partition coefficient (Wildman–Crippen LogP) is 2.78. The lowest BCUT2D eigenvalue weighted by Gasteiger charge is -2.07. The Morgan fingerprint density at radius 2 is 2.00 bits per heavy atom. The third kappa shape index (κ3) is 1.81. The molecule has 0 saturated heterocycles. The lowest BCUT2D eigenvalue weighted by molar-refractivity contribution is 0.197. The highest BCUT2D eigenvalue weighted by Crippen LogP contribution is 2.26. The maximum atomic E-state index is 12.8. The summed E-state index contributed by atoms with van der Waals surface area (Å²) < 4.78 is 25.5. The first-order chi connectivity index (χ1) is 5.52. The smallest absolute Gasteiger partial charge is 0.140 e. The minimum Gasteiger partial charge on any atom is -0.389 e. The minimum absolute atomic E-state index is 0.110. The van der Waals surface area contributed by atoms with Gasteiger partial charge >= 0.3 is 0 Å². The Hall–Kier alpha value is -0.480. The number of aliphatic hydroxyl groups is 1. The highest BCUT2D eigenvalue weighted by molar-refractivity contribution is 9.10. The van der Waals surface area contributed by atoms with Crippen LogP contribution in [0.5, 0.6) is 0 Å². The number of hydrogen-bond donors (Lipinski definition) is 1. The largest absolute Gasteiger partial charge is 0.389 e. The molecular formula is C8H7BrF2O. The van der Waals surface area contributed by atoms with E-state index in [4.69, 9.17) is 5.11 Å². The molecule has 0 bridgehead atoms. The van der Waals surface area contributed by atoms with Gasteiger partial charge in [-0.25, -0.2) is 8.78 Å². The van der Waals surface area contributed by atoms with Gasteiger partial charge in [0.05, 0.1) is 10.6 Å². The number of hydrogen-bond acceptors (Lipinski definition) is 1. The Balaban J connectivity index is 3.28. The lowest BCUT2D eigenvalue weighted by Crippen LogP contribution is -1.96. The third-order valence-electron chi connectivity index (χ3n) is 1.47. The van der Waals surface area contributed by atoms with Gasteiger partial charge in [0, 0.05) is 11.6 Å². The first kappa shape index (κ1) is 9.61. The monoisotopic (exact) mass is 236 g/mol. The zero-order valence-electron chi connectivity index (χ0n) is 6.31. The van der Waals surface area contributed by atoms with Crippen molar-refractivity contribution in [3.8, 4) is 0 Å². The van der Waals surface area contributed by atoms with Crippen molar-refractivity contribution in [1.82, 2.24) is 0 Å². The molecule has 1 unspecified atom stereocenters. The van der Waals surface area contributed by atoms with Crippen molar-refractivity contribution in [2.45, 2.75) is 13.0 Å². The van der Waals surface area contributed by atoms with Crippen LogP contribution in [0.4, 0.5) is 8.78 Å². The van der Waals surface area contributed by atoms with Gasteiger partial charge in [-0.2, -0.15) is 0 Å². The van der Waals surface area contributed by atoms with Crippen molar-refractivity contribution in [1.29, 1.82) is 0 Å². The van der Waals surface area contributed by atoms with E-state index >= 15 is 0 Å². The van der Waals surface area contributed by atoms with Gasteiger partial charge in [0.15, 0.2) is 0 Å². The number of rotatable bonds is 1. The van der Waals surface area contributed by atoms with Crippen LogP contribution in [-0.4, -0.2) is 5.11 Å². The van der Waals surface area contributed by atoms with Gasteiger partial charge in [-0.3, -0.25) is 0 Å². The highest BCUT2D eigenvalue weighted by atomic mass is 79.9. The predicted molar refractivity (Wildman–Crippen MR) is 44.7 cm³/mol. The zero-order valence-corrected chi connectivity index (χ0v) is 7.90. The third-order valence-corrected chi connectivity index (χ3v) is 2.31. The van der Waals surface area contributed by atoms with Crippen LogP contribution in [0.15, 0.2) is 16.6 Å². The van der Waals surface area contributed by atoms with Crippen molar-refractivity contribution < 1.29 is 13.9 Å². The van der Waals surface area contributed by atoms with Gasteiger partial charge in [-0.05, 0) is 28.9 Å². The molecule has 1 N–H and O–H groups in total. The molecule has 1 nitrogen and oxygen atoms in total. The summed E-state index contributed by atoms with van der Waals surface area (Å²) >= 11 is 2.91. The van der Waals surface area contributed by atoms with E-state index in [1.54, 1.807) is 0 Å². The molecule has 1 atom stereocenters. The maximum absolute atomic E-state index is 12.8. The van der Waals surface area contributed by atoms with Crippen LogP contribution >= 0.6 is 15.9 Å². The van der Waals surface area contributed by atoms with Crippen LogP contribution in [-0.2, 0) is 0 Å². The van der Waals surface area contributed by atoms with E-state index in [1.165, 1.54) is 6.92 Å². The summed E-state index contributed by atoms with van der Waals surface area (Å²) in [6.07, 6.45) is -0.885. The minimum atomic E-state index is -0.885. The van der Waals surface area contributed by atoms with Crippen LogP contribution in [0.2, 0.25) is 0 Å². The molecule has 1 aromatic rings. The SMILES string of the molecule is CC(O)c1cc(F)cc(F)c1Br. The molecule has 0 aromatic heterocycles. The van der Waals surface area contributed by atoms with Gasteiger partial charge in [-0.1, -0.05) is 0 Å². The van der Waals surface area contributed by atoms with E-state index in [9.17, 15) is 8.78 Å². The van der Waals surface area contributed by atoms with Crippen LogP contribution < -0.4 is 0 Å². The van der Waals surface area contributed by atoms with Crippen molar-refractivity contribution in [3.63, 3.8) is 0 Å². The average molecular weight is 237 g/mol. The van der Waals surface area contributed by atoms with Gasteiger partial charge in [0.25, 0.3) is 0 Å². The standard InChI is InChI=1S/C8H7BrF2O/c1-4(12)6-2-5(10)3-7(11)8(6)9/h2-4,12H,1H3. The topological polar surface area (TPSA) is 20.2 Å². The fourth-order valence-electron chi connectivity index (χ4n) is 0.880. The molecular weight excluding hydrogens is 230 g/mol. The van der Waals surface area contributed by atoms with E-state index in [-0.39, 0.29) is 10.0 Å². The second-order valence-electron chi connectivity index (χ2n) is 2.47. The summed E-state index contributed by atoms with van der Waals surface area (Å²) in [6, 6.07) is 1.85. The van der Waals surface area contributed by atoms with Gasteiger partial charge < -0.3 is 5.11 Å². The lowest BCUT2D eigenvalue weighted by atomic mass is 10.1. The van der Waals surface area contributed by atoms with Crippen molar-refractivity contribution in [3.05, 3.63) is 33.8 Å². The Labute approximate surface area is 77.2 Å². The molecule has 4 heteroatoms. The molecule has 0 saturated carbocycles. The normalized spacial score (nSPS) is 13.1.